The Morgan fingerprint density at radius 2 is 0.930 bits per heavy atom. The van der Waals surface area contributed by atoms with Gasteiger partial charge < -0.3 is 30.7 Å². The molecule has 0 fully saturated rings. The van der Waals surface area contributed by atoms with Crippen LogP contribution in [-0.2, 0) is 38.2 Å². The van der Waals surface area contributed by atoms with Crippen LogP contribution >= 0.6 is 0 Å². The van der Waals surface area contributed by atoms with Gasteiger partial charge in [-0.05, 0) is 38.6 Å². The van der Waals surface area contributed by atoms with E-state index in [2.05, 4.69) is 21.3 Å². The van der Waals surface area contributed by atoms with Crippen molar-refractivity contribution in [2.45, 2.75) is 139 Å². The summed E-state index contributed by atoms with van der Waals surface area (Å²) in [4.78, 5) is 71.6. The molecule has 0 aliphatic carbocycles. The molecule has 43 heavy (non-hydrogen) atoms. The van der Waals surface area contributed by atoms with Crippen molar-refractivity contribution in [1.82, 2.24) is 21.3 Å². The molecule has 0 saturated carbocycles. The molecule has 0 bridgehead atoms. The number of amides is 3. The molecule has 4 N–H and O–H groups in total. The fourth-order valence-electron chi connectivity index (χ4n) is 2.83. The number of esters is 2. The third kappa shape index (κ3) is 35.1. The van der Waals surface area contributed by atoms with Crippen LogP contribution in [0.1, 0.15) is 127 Å². The van der Waals surface area contributed by atoms with Crippen molar-refractivity contribution in [2.24, 2.45) is 11.8 Å². The molecule has 12 nitrogen and oxygen atoms in total. The van der Waals surface area contributed by atoms with Gasteiger partial charge in [0.25, 0.3) is 0 Å². The first-order valence-corrected chi connectivity index (χ1v) is 11.2. The number of hydrogen-bond acceptors (Lipinski definition) is 9. The van der Waals surface area contributed by atoms with Crippen molar-refractivity contribution < 1.29 is 38.2 Å². The number of hydrogen-bond donors (Lipinski definition) is 4. The number of ether oxygens (including phenoxy) is 2. The molecule has 2 unspecified atom stereocenters. The Labute approximate surface area is 266 Å². The molecule has 2 atom stereocenters. The normalized spacial score (nSPS) is 9.86. The molecular formula is C31H74N4O8. The molecule has 0 aromatic rings. The molecular weight excluding hydrogens is 556 g/mol. The topological polar surface area (TPSA) is 169 Å². The van der Waals surface area contributed by atoms with Crippen LogP contribution in [-0.4, -0.2) is 68.0 Å². The number of Topliss-reactive ketones (excluding diaryl/α,β-unsaturated/α-hetero) is 1. The molecule has 12 heteroatoms. The molecule has 3 amide bonds. The van der Waals surface area contributed by atoms with Crippen molar-refractivity contribution in [1.29, 1.82) is 0 Å². The van der Waals surface area contributed by atoms with E-state index in [1.807, 2.05) is 27.7 Å². The first kappa shape index (κ1) is 67.6. The van der Waals surface area contributed by atoms with Crippen LogP contribution in [0.5, 0.6) is 0 Å². The lowest BCUT2D eigenvalue weighted by Crippen LogP contribution is -2.45. The summed E-state index contributed by atoms with van der Waals surface area (Å²) in [6, 6.07) is -2.04. The average Bonchev–Trinajstić information content (AvgIpc) is 2.69. The molecule has 266 valence electrons. The third-order valence-electron chi connectivity index (χ3n) is 4.25. The highest BCUT2D eigenvalue weighted by atomic mass is 16.7. The van der Waals surface area contributed by atoms with Gasteiger partial charge in [-0.2, -0.15) is 0 Å². The second kappa shape index (κ2) is 37.0. The van der Waals surface area contributed by atoms with Gasteiger partial charge in [-0.3, -0.25) is 19.2 Å². The van der Waals surface area contributed by atoms with Gasteiger partial charge in [0.05, 0.1) is 13.1 Å². The quantitative estimate of drug-likeness (QED) is 0.0980. The maximum absolute atomic E-state index is 12.5. The number of carbonyl (C=O) groups is 6. The highest BCUT2D eigenvalue weighted by Crippen LogP contribution is 2.09. The standard InChI is InChI=1S/C22H38N4O8.9CH4/c1-13(2)7-16(25-19(29)9-15(5)27)21(31)33-12-34-22(32)17(8-14(3)4)26-20(30)10-18(28)24-11-23-6;;;;;;;;;/h13-14,16-17,23H,7-12H2,1-6H3,(H,24,28)(H,25,29)(H,26,30);9*1H4. The molecule has 0 spiro atoms. The van der Waals surface area contributed by atoms with Crippen molar-refractivity contribution >= 4 is 35.4 Å². The average molecular weight is 631 g/mol. The van der Waals surface area contributed by atoms with Crippen molar-refractivity contribution in [3.63, 3.8) is 0 Å². The summed E-state index contributed by atoms with van der Waals surface area (Å²) >= 11 is 0. The highest BCUT2D eigenvalue weighted by Gasteiger charge is 2.27. The third-order valence-corrected chi connectivity index (χ3v) is 4.25. The summed E-state index contributed by atoms with van der Waals surface area (Å²) in [5.41, 5.74) is 0. The zero-order valence-corrected chi connectivity index (χ0v) is 20.8. The molecule has 0 aliphatic heterocycles. The Kier molecular flexibility index (Phi) is 58.2. The fourth-order valence-corrected chi connectivity index (χ4v) is 2.83. The second-order valence-electron chi connectivity index (χ2n) is 8.73. The van der Waals surface area contributed by atoms with E-state index >= 15 is 0 Å². The van der Waals surface area contributed by atoms with E-state index < -0.39 is 55.0 Å². The number of rotatable bonds is 16. The smallest absolute Gasteiger partial charge is 0.331 e. The Hall–Kier alpha value is -3.02. The van der Waals surface area contributed by atoms with Gasteiger partial charge in [-0.1, -0.05) is 94.5 Å². The van der Waals surface area contributed by atoms with Crippen LogP contribution in [0.25, 0.3) is 0 Å². The summed E-state index contributed by atoms with van der Waals surface area (Å²) in [5.74, 6) is -3.71. The number of nitrogens with one attached hydrogen (secondary N) is 4. The highest BCUT2D eigenvalue weighted by molar-refractivity contribution is 5.99. The molecule has 0 radical (unpaired) electrons. The molecule has 0 aromatic heterocycles. The zero-order valence-electron chi connectivity index (χ0n) is 20.8. The summed E-state index contributed by atoms with van der Waals surface area (Å²) in [7, 11) is 1.63. The molecule has 0 aliphatic rings. The van der Waals surface area contributed by atoms with Gasteiger partial charge >= 0.3 is 11.9 Å². The van der Waals surface area contributed by atoms with Crippen LogP contribution in [0, 0.1) is 11.8 Å². The maximum Gasteiger partial charge on any atom is 0.331 e. The Balaban J connectivity index is -0.000000151. The Morgan fingerprint density at radius 1 is 0.581 bits per heavy atom. The first-order chi connectivity index (χ1) is 15.8. The predicted molar refractivity (Wildman–Crippen MR) is 182 cm³/mol. The SMILES string of the molecule is C.C.C.C.C.C.C.C.C.CNCNC(=O)CC(=O)NC(CC(C)C)C(=O)OCOC(=O)C(CC(C)C)NC(=O)CC(C)=O. The summed E-state index contributed by atoms with van der Waals surface area (Å²) < 4.78 is 9.98. The minimum Gasteiger partial charge on any atom is -0.426 e. The lowest BCUT2D eigenvalue weighted by atomic mass is 10.0. The van der Waals surface area contributed by atoms with E-state index in [0.29, 0.717) is 0 Å². The summed E-state index contributed by atoms with van der Waals surface area (Å²) in [6.07, 6.45) is -0.318. The Morgan fingerprint density at radius 3 is 1.23 bits per heavy atom. The number of carbonyl (C=O) groups excluding carboxylic acids is 6. The van der Waals surface area contributed by atoms with E-state index in [-0.39, 0.29) is 110 Å². The van der Waals surface area contributed by atoms with Gasteiger partial charge in [0.1, 0.15) is 24.3 Å². The van der Waals surface area contributed by atoms with Gasteiger partial charge in [0.15, 0.2) is 0 Å². The first-order valence-electron chi connectivity index (χ1n) is 11.2. The largest absolute Gasteiger partial charge is 0.426 e. The minimum absolute atomic E-state index is 0. The predicted octanol–water partition coefficient (Wildman–Crippen LogP) is 5.48. The van der Waals surface area contributed by atoms with E-state index in [9.17, 15) is 28.8 Å². The van der Waals surface area contributed by atoms with Gasteiger partial charge in [-0.25, -0.2) is 9.59 Å². The van der Waals surface area contributed by atoms with Crippen molar-refractivity contribution in [2.75, 3.05) is 20.5 Å². The Bertz CT molecular complexity index is 729. The summed E-state index contributed by atoms with van der Waals surface area (Å²) in [5, 5.41) is 10.1. The lowest BCUT2D eigenvalue weighted by Gasteiger charge is -2.21. The molecule has 0 rings (SSSR count). The van der Waals surface area contributed by atoms with Gasteiger partial charge in [0.2, 0.25) is 24.5 Å². The van der Waals surface area contributed by atoms with E-state index in [1.54, 1.807) is 7.05 Å². The van der Waals surface area contributed by atoms with E-state index in [1.165, 1.54) is 6.92 Å². The maximum atomic E-state index is 12.5. The van der Waals surface area contributed by atoms with Crippen molar-refractivity contribution in [3.05, 3.63) is 0 Å². The van der Waals surface area contributed by atoms with Crippen LogP contribution in [0.4, 0.5) is 0 Å². The van der Waals surface area contributed by atoms with Crippen LogP contribution in [0.2, 0.25) is 0 Å². The zero-order chi connectivity index (χ0) is 26.3. The lowest BCUT2D eigenvalue weighted by molar-refractivity contribution is -0.171. The minimum atomic E-state index is -1.04. The molecule has 0 saturated heterocycles. The van der Waals surface area contributed by atoms with E-state index in [4.69, 9.17) is 9.47 Å². The van der Waals surface area contributed by atoms with Gasteiger partial charge in [0, 0.05) is 0 Å². The molecule has 0 heterocycles. The van der Waals surface area contributed by atoms with E-state index in [0.717, 1.165) is 0 Å². The fraction of sp³-hybridized carbons (Fsp3) is 0.806. The summed E-state index contributed by atoms with van der Waals surface area (Å²) in [6.45, 7) is 8.10. The number of ketones is 1. The molecule has 0 aromatic carbocycles. The van der Waals surface area contributed by atoms with Crippen LogP contribution in [0.15, 0.2) is 0 Å². The van der Waals surface area contributed by atoms with Crippen molar-refractivity contribution in [3.8, 4) is 0 Å². The van der Waals surface area contributed by atoms with Crippen LogP contribution in [0.3, 0.4) is 0 Å². The van der Waals surface area contributed by atoms with Gasteiger partial charge in [-0.15, -0.1) is 0 Å². The van der Waals surface area contributed by atoms with Crippen LogP contribution < -0.4 is 21.3 Å². The second-order valence-corrected chi connectivity index (χ2v) is 8.73. The monoisotopic (exact) mass is 631 g/mol.